The van der Waals surface area contributed by atoms with E-state index in [1.807, 2.05) is 0 Å². The number of aliphatic hydroxyl groups excluding tert-OH is 1. The van der Waals surface area contributed by atoms with Crippen LogP contribution < -0.4 is 4.74 Å². The van der Waals surface area contributed by atoms with E-state index in [1.165, 1.54) is 7.11 Å². The van der Waals surface area contributed by atoms with Crippen molar-refractivity contribution < 1.29 is 14.2 Å². The summed E-state index contributed by atoms with van der Waals surface area (Å²) in [4.78, 5) is 3.90. The number of aliphatic hydroxyl groups is 1. The fourth-order valence-electron chi connectivity index (χ4n) is 1.71. The lowest BCUT2D eigenvalue weighted by molar-refractivity contribution is 0.273. The molecule has 1 N–H and O–H groups in total. The summed E-state index contributed by atoms with van der Waals surface area (Å²) in [6.45, 7) is -0.374. The van der Waals surface area contributed by atoms with E-state index in [2.05, 4.69) is 4.98 Å². The highest BCUT2D eigenvalue weighted by atomic mass is 19.1. The maximum absolute atomic E-state index is 13.9. The molecule has 0 spiro atoms. The Hall–Kier alpha value is -1.94. The number of methoxy groups -OCH3 is 1. The molecule has 0 bridgehead atoms. The van der Waals surface area contributed by atoms with Gasteiger partial charge in [0.15, 0.2) is 11.6 Å². The molecular formula is C13H12FNO2. The quantitative estimate of drug-likeness (QED) is 0.885. The number of hydrogen-bond acceptors (Lipinski definition) is 3. The Balaban J connectivity index is 2.59. The number of halogens is 1. The summed E-state index contributed by atoms with van der Waals surface area (Å²) in [5, 5.41) is 9.27. The molecule has 1 aromatic carbocycles. The Bertz CT molecular complexity index is 514. The van der Waals surface area contributed by atoms with Gasteiger partial charge in [-0.1, -0.05) is 6.07 Å². The number of rotatable bonds is 3. The van der Waals surface area contributed by atoms with E-state index in [0.717, 1.165) is 5.56 Å². The summed E-state index contributed by atoms with van der Waals surface area (Å²) >= 11 is 0. The summed E-state index contributed by atoms with van der Waals surface area (Å²) in [5.41, 5.74) is 1.69. The van der Waals surface area contributed by atoms with Crippen LogP contribution >= 0.6 is 0 Å². The van der Waals surface area contributed by atoms with Crippen molar-refractivity contribution >= 4 is 0 Å². The molecule has 0 saturated carbocycles. The second-order valence-electron chi connectivity index (χ2n) is 3.50. The second kappa shape index (κ2) is 4.93. The van der Waals surface area contributed by atoms with Crippen molar-refractivity contribution in [2.24, 2.45) is 0 Å². The minimum Gasteiger partial charge on any atom is -0.494 e. The molecule has 0 aliphatic heterocycles. The standard InChI is InChI=1S/C13H12FNO2/c1-17-12-3-2-10(11(8-16)13(12)14)9-4-6-15-7-5-9/h2-7,16H,8H2,1H3. The van der Waals surface area contributed by atoms with Crippen LogP contribution in [0.4, 0.5) is 4.39 Å². The Morgan fingerprint density at radius 1 is 1.24 bits per heavy atom. The monoisotopic (exact) mass is 233 g/mol. The third kappa shape index (κ3) is 2.12. The number of hydrogen-bond donors (Lipinski definition) is 1. The summed E-state index contributed by atoms with van der Waals surface area (Å²) in [7, 11) is 1.39. The zero-order valence-electron chi connectivity index (χ0n) is 9.35. The van der Waals surface area contributed by atoms with Crippen molar-refractivity contribution in [2.75, 3.05) is 7.11 Å². The van der Waals surface area contributed by atoms with Crippen LogP contribution in [0, 0.1) is 5.82 Å². The Morgan fingerprint density at radius 2 is 1.94 bits per heavy atom. The van der Waals surface area contributed by atoms with Gasteiger partial charge in [0.05, 0.1) is 13.7 Å². The van der Waals surface area contributed by atoms with Gasteiger partial charge in [0, 0.05) is 18.0 Å². The van der Waals surface area contributed by atoms with E-state index in [4.69, 9.17) is 4.74 Å². The number of ether oxygens (including phenoxy) is 1. The minimum absolute atomic E-state index is 0.131. The number of pyridine rings is 1. The topological polar surface area (TPSA) is 42.4 Å². The molecule has 0 radical (unpaired) electrons. The van der Waals surface area contributed by atoms with Gasteiger partial charge in [0.25, 0.3) is 0 Å². The van der Waals surface area contributed by atoms with E-state index in [-0.39, 0.29) is 17.9 Å². The SMILES string of the molecule is COc1ccc(-c2ccncc2)c(CO)c1F. The molecule has 0 atom stereocenters. The van der Waals surface area contributed by atoms with Gasteiger partial charge < -0.3 is 9.84 Å². The molecule has 0 saturated heterocycles. The average molecular weight is 233 g/mol. The first-order valence-electron chi connectivity index (χ1n) is 5.14. The fourth-order valence-corrected chi connectivity index (χ4v) is 1.71. The van der Waals surface area contributed by atoms with E-state index < -0.39 is 5.82 Å². The smallest absolute Gasteiger partial charge is 0.171 e. The zero-order valence-corrected chi connectivity index (χ0v) is 9.35. The molecule has 0 fully saturated rings. The van der Waals surface area contributed by atoms with Crippen molar-refractivity contribution in [3.63, 3.8) is 0 Å². The largest absolute Gasteiger partial charge is 0.494 e. The first-order valence-corrected chi connectivity index (χ1v) is 5.14. The first-order chi connectivity index (χ1) is 8.27. The van der Waals surface area contributed by atoms with Crippen LogP contribution in [0.3, 0.4) is 0 Å². The highest BCUT2D eigenvalue weighted by molar-refractivity contribution is 5.68. The number of nitrogens with zero attached hydrogens (tertiary/aromatic N) is 1. The molecule has 0 amide bonds. The van der Waals surface area contributed by atoms with Gasteiger partial charge >= 0.3 is 0 Å². The molecule has 88 valence electrons. The van der Waals surface area contributed by atoms with Crippen LogP contribution in [0.1, 0.15) is 5.56 Å². The minimum atomic E-state index is -0.524. The van der Waals surface area contributed by atoms with Gasteiger partial charge in [-0.25, -0.2) is 4.39 Å². The predicted molar refractivity (Wildman–Crippen MR) is 62.1 cm³/mol. The summed E-state index contributed by atoms with van der Waals surface area (Å²) in [5.74, 6) is -0.392. The third-order valence-electron chi connectivity index (χ3n) is 2.58. The summed E-state index contributed by atoms with van der Waals surface area (Å²) in [6.07, 6.45) is 3.25. The lowest BCUT2D eigenvalue weighted by Gasteiger charge is -2.11. The molecule has 0 aliphatic carbocycles. The van der Waals surface area contributed by atoms with Crippen LogP contribution in [0.2, 0.25) is 0 Å². The van der Waals surface area contributed by atoms with Gasteiger partial charge in [-0.2, -0.15) is 0 Å². The van der Waals surface area contributed by atoms with Gasteiger partial charge in [0.1, 0.15) is 0 Å². The van der Waals surface area contributed by atoms with E-state index in [0.29, 0.717) is 5.56 Å². The van der Waals surface area contributed by atoms with Crippen molar-refractivity contribution in [1.82, 2.24) is 4.98 Å². The lowest BCUT2D eigenvalue weighted by atomic mass is 10.00. The average Bonchev–Trinajstić information content (AvgIpc) is 2.39. The van der Waals surface area contributed by atoms with Gasteiger partial charge in [-0.15, -0.1) is 0 Å². The van der Waals surface area contributed by atoms with Gasteiger partial charge in [-0.3, -0.25) is 4.98 Å². The normalized spacial score (nSPS) is 10.3. The maximum Gasteiger partial charge on any atom is 0.171 e. The van der Waals surface area contributed by atoms with Crippen molar-refractivity contribution in [1.29, 1.82) is 0 Å². The zero-order chi connectivity index (χ0) is 12.3. The van der Waals surface area contributed by atoms with Crippen LogP contribution in [0.15, 0.2) is 36.7 Å². The Labute approximate surface area is 98.5 Å². The van der Waals surface area contributed by atoms with Crippen molar-refractivity contribution in [3.05, 3.63) is 48.0 Å². The molecule has 0 aliphatic rings. The van der Waals surface area contributed by atoms with Crippen molar-refractivity contribution in [3.8, 4) is 16.9 Å². The molecular weight excluding hydrogens is 221 g/mol. The molecule has 17 heavy (non-hydrogen) atoms. The van der Waals surface area contributed by atoms with Gasteiger partial charge in [0.2, 0.25) is 0 Å². The second-order valence-corrected chi connectivity index (χ2v) is 3.50. The van der Waals surface area contributed by atoms with E-state index >= 15 is 0 Å². The fraction of sp³-hybridized carbons (Fsp3) is 0.154. The summed E-state index contributed by atoms with van der Waals surface area (Å²) < 4.78 is 18.8. The molecule has 2 rings (SSSR count). The van der Waals surface area contributed by atoms with Crippen LogP contribution in [0.25, 0.3) is 11.1 Å². The van der Waals surface area contributed by atoms with E-state index in [1.54, 1.807) is 36.7 Å². The van der Waals surface area contributed by atoms with Crippen LogP contribution in [0.5, 0.6) is 5.75 Å². The Kier molecular flexibility index (Phi) is 3.35. The van der Waals surface area contributed by atoms with Crippen molar-refractivity contribution in [2.45, 2.75) is 6.61 Å². The van der Waals surface area contributed by atoms with E-state index in [9.17, 15) is 9.50 Å². The molecule has 2 aromatic rings. The third-order valence-corrected chi connectivity index (χ3v) is 2.58. The highest BCUT2D eigenvalue weighted by Gasteiger charge is 2.14. The molecule has 3 nitrogen and oxygen atoms in total. The summed E-state index contributed by atoms with van der Waals surface area (Å²) in [6, 6.07) is 6.80. The van der Waals surface area contributed by atoms with Crippen LogP contribution in [-0.4, -0.2) is 17.2 Å². The van der Waals surface area contributed by atoms with Gasteiger partial charge in [-0.05, 0) is 29.3 Å². The number of aromatic nitrogens is 1. The maximum atomic E-state index is 13.9. The number of benzene rings is 1. The lowest BCUT2D eigenvalue weighted by Crippen LogP contribution is -1.98. The Morgan fingerprint density at radius 3 is 2.53 bits per heavy atom. The molecule has 4 heteroatoms. The van der Waals surface area contributed by atoms with Crippen LogP contribution in [-0.2, 0) is 6.61 Å². The molecule has 1 aromatic heterocycles. The molecule has 0 unspecified atom stereocenters. The first kappa shape index (κ1) is 11.5. The predicted octanol–water partition coefficient (Wildman–Crippen LogP) is 2.39. The highest BCUT2D eigenvalue weighted by Crippen LogP contribution is 2.30. The molecule has 1 heterocycles.